The molecule has 0 saturated carbocycles. The van der Waals surface area contributed by atoms with Gasteiger partial charge in [-0.3, -0.25) is 14.5 Å². The highest BCUT2D eigenvalue weighted by molar-refractivity contribution is 6.43. The summed E-state index contributed by atoms with van der Waals surface area (Å²) >= 11 is 0. The van der Waals surface area contributed by atoms with Crippen molar-refractivity contribution in [3.63, 3.8) is 0 Å². The van der Waals surface area contributed by atoms with E-state index in [1.165, 1.54) is 17.1 Å². The lowest BCUT2D eigenvalue weighted by Crippen LogP contribution is -2.45. The molecular formula is C25H29FN4O3. The first kappa shape index (κ1) is 23.1. The lowest BCUT2D eigenvalue weighted by atomic mass is 10.1. The zero-order valence-corrected chi connectivity index (χ0v) is 19.0. The second-order valence-corrected chi connectivity index (χ2v) is 8.69. The second-order valence-electron chi connectivity index (χ2n) is 8.69. The number of carbonyl (C=O) groups excluding carboxylic acids is 2. The van der Waals surface area contributed by atoms with Crippen molar-refractivity contribution < 1.29 is 18.7 Å². The Balaban J connectivity index is 1.45. The monoisotopic (exact) mass is 452 g/mol. The summed E-state index contributed by atoms with van der Waals surface area (Å²) in [5.41, 5.74) is 2.80. The Morgan fingerprint density at radius 3 is 2.48 bits per heavy atom. The molecule has 0 aromatic heterocycles. The van der Waals surface area contributed by atoms with Gasteiger partial charge in [0, 0.05) is 38.2 Å². The Morgan fingerprint density at radius 2 is 1.76 bits per heavy atom. The SMILES string of the molecule is CC1CN(Cc2ccccc2NC(=O)C2=NN(Cc3ccc(F)cc3)C(=O)CC2)CC(C)O1. The fourth-order valence-corrected chi connectivity index (χ4v) is 4.28. The van der Waals surface area contributed by atoms with Gasteiger partial charge in [-0.15, -0.1) is 0 Å². The van der Waals surface area contributed by atoms with E-state index in [0.29, 0.717) is 12.3 Å². The number of amides is 2. The van der Waals surface area contributed by atoms with Crippen LogP contribution in [0.15, 0.2) is 53.6 Å². The van der Waals surface area contributed by atoms with Crippen LogP contribution in [0.5, 0.6) is 0 Å². The molecule has 1 saturated heterocycles. The van der Waals surface area contributed by atoms with E-state index in [0.717, 1.165) is 29.9 Å². The molecule has 2 amide bonds. The summed E-state index contributed by atoms with van der Waals surface area (Å²) < 4.78 is 19.0. The Labute approximate surface area is 193 Å². The number of hydrogen-bond donors (Lipinski definition) is 1. The van der Waals surface area contributed by atoms with Crippen molar-refractivity contribution in [2.24, 2.45) is 5.10 Å². The van der Waals surface area contributed by atoms with E-state index < -0.39 is 0 Å². The highest BCUT2D eigenvalue weighted by Crippen LogP contribution is 2.21. The van der Waals surface area contributed by atoms with Gasteiger partial charge in [0.05, 0.1) is 18.8 Å². The predicted octanol–water partition coefficient (Wildman–Crippen LogP) is 3.55. The molecular weight excluding hydrogens is 423 g/mol. The lowest BCUT2D eigenvalue weighted by molar-refractivity contribution is -0.132. The molecule has 0 spiro atoms. The summed E-state index contributed by atoms with van der Waals surface area (Å²) in [6.45, 7) is 6.70. The average molecular weight is 453 g/mol. The van der Waals surface area contributed by atoms with Crippen LogP contribution in [0.4, 0.5) is 10.1 Å². The number of nitrogens with zero attached hydrogens (tertiary/aromatic N) is 3. The molecule has 1 fully saturated rings. The number of nitrogens with one attached hydrogen (secondary N) is 1. The molecule has 0 bridgehead atoms. The van der Waals surface area contributed by atoms with E-state index in [2.05, 4.69) is 29.2 Å². The van der Waals surface area contributed by atoms with Gasteiger partial charge in [-0.25, -0.2) is 9.40 Å². The van der Waals surface area contributed by atoms with Gasteiger partial charge in [0.1, 0.15) is 11.5 Å². The molecule has 2 aromatic carbocycles. The first-order valence-corrected chi connectivity index (χ1v) is 11.3. The molecule has 1 N–H and O–H groups in total. The average Bonchev–Trinajstić information content (AvgIpc) is 2.77. The van der Waals surface area contributed by atoms with Crippen molar-refractivity contribution in [2.45, 2.75) is 52.0 Å². The van der Waals surface area contributed by atoms with Crippen molar-refractivity contribution in [2.75, 3.05) is 18.4 Å². The van der Waals surface area contributed by atoms with Crippen molar-refractivity contribution >= 4 is 23.2 Å². The number of morpholine rings is 1. The van der Waals surface area contributed by atoms with E-state index in [9.17, 15) is 14.0 Å². The molecule has 2 atom stereocenters. The topological polar surface area (TPSA) is 74.2 Å². The van der Waals surface area contributed by atoms with Crippen LogP contribution in [0.2, 0.25) is 0 Å². The van der Waals surface area contributed by atoms with Gasteiger partial charge in [0.25, 0.3) is 5.91 Å². The molecule has 0 aliphatic carbocycles. The Kier molecular flexibility index (Phi) is 7.15. The second kappa shape index (κ2) is 10.2. The predicted molar refractivity (Wildman–Crippen MR) is 124 cm³/mol. The Morgan fingerprint density at radius 1 is 1.06 bits per heavy atom. The maximum absolute atomic E-state index is 13.2. The first-order chi connectivity index (χ1) is 15.9. The molecule has 2 aliphatic heterocycles. The number of para-hydroxylation sites is 1. The van der Waals surface area contributed by atoms with Crippen LogP contribution in [-0.4, -0.2) is 52.7 Å². The van der Waals surface area contributed by atoms with Crippen molar-refractivity contribution in [3.05, 3.63) is 65.5 Å². The number of rotatable bonds is 6. The van der Waals surface area contributed by atoms with Crippen LogP contribution in [0, 0.1) is 5.82 Å². The summed E-state index contributed by atoms with van der Waals surface area (Å²) in [4.78, 5) is 27.6. The van der Waals surface area contributed by atoms with Crippen LogP contribution in [-0.2, 0) is 27.4 Å². The fourth-order valence-electron chi connectivity index (χ4n) is 4.28. The highest BCUT2D eigenvalue weighted by Gasteiger charge is 2.26. The normalized spacial score (nSPS) is 21.6. The smallest absolute Gasteiger partial charge is 0.271 e. The van der Waals surface area contributed by atoms with Crippen LogP contribution in [0.1, 0.15) is 37.8 Å². The molecule has 2 aliphatic rings. The molecule has 0 radical (unpaired) electrons. The van der Waals surface area contributed by atoms with E-state index >= 15 is 0 Å². The number of benzene rings is 2. The third kappa shape index (κ3) is 6.03. The molecule has 174 valence electrons. The van der Waals surface area contributed by atoms with Crippen LogP contribution >= 0.6 is 0 Å². The number of halogens is 1. The highest BCUT2D eigenvalue weighted by atomic mass is 19.1. The van der Waals surface area contributed by atoms with Gasteiger partial charge < -0.3 is 10.1 Å². The maximum Gasteiger partial charge on any atom is 0.271 e. The third-order valence-corrected chi connectivity index (χ3v) is 5.77. The van der Waals surface area contributed by atoms with E-state index in [-0.39, 0.29) is 49.2 Å². The standard InChI is InChI=1S/C25H29FN4O3/c1-17-13-29(14-18(2)33-17)16-20-5-3-4-6-22(20)27-25(32)23-11-12-24(31)30(28-23)15-19-7-9-21(26)10-8-19/h3-10,17-18H,11-16H2,1-2H3,(H,27,32). The van der Waals surface area contributed by atoms with Gasteiger partial charge in [-0.05, 0) is 43.2 Å². The zero-order chi connectivity index (χ0) is 23.4. The Hall–Kier alpha value is -3.10. The number of hydrogen-bond acceptors (Lipinski definition) is 5. The van der Waals surface area contributed by atoms with E-state index in [4.69, 9.17) is 4.74 Å². The van der Waals surface area contributed by atoms with Gasteiger partial charge in [0.2, 0.25) is 5.91 Å². The van der Waals surface area contributed by atoms with Crippen molar-refractivity contribution in [1.29, 1.82) is 0 Å². The number of anilines is 1. The summed E-state index contributed by atoms with van der Waals surface area (Å²) in [6.07, 6.45) is 0.817. The third-order valence-electron chi connectivity index (χ3n) is 5.77. The van der Waals surface area contributed by atoms with Crippen LogP contribution < -0.4 is 5.32 Å². The number of hydrazone groups is 1. The zero-order valence-electron chi connectivity index (χ0n) is 19.0. The number of ether oxygens (including phenoxy) is 1. The largest absolute Gasteiger partial charge is 0.373 e. The molecule has 4 rings (SSSR count). The van der Waals surface area contributed by atoms with E-state index in [1.54, 1.807) is 12.1 Å². The summed E-state index contributed by atoms with van der Waals surface area (Å²) in [5, 5.41) is 8.58. The molecule has 2 unspecified atom stereocenters. The minimum absolute atomic E-state index is 0.160. The first-order valence-electron chi connectivity index (χ1n) is 11.3. The minimum Gasteiger partial charge on any atom is -0.373 e. The minimum atomic E-state index is -0.341. The fraction of sp³-hybridized carbons (Fsp3) is 0.400. The summed E-state index contributed by atoms with van der Waals surface area (Å²) in [7, 11) is 0. The summed E-state index contributed by atoms with van der Waals surface area (Å²) in [6, 6.07) is 13.6. The molecule has 7 nitrogen and oxygen atoms in total. The van der Waals surface area contributed by atoms with Crippen molar-refractivity contribution in [3.8, 4) is 0 Å². The van der Waals surface area contributed by atoms with Gasteiger partial charge in [0.15, 0.2) is 0 Å². The number of carbonyl (C=O) groups is 2. The van der Waals surface area contributed by atoms with Crippen LogP contribution in [0.25, 0.3) is 0 Å². The molecule has 8 heteroatoms. The Bertz CT molecular complexity index is 1030. The van der Waals surface area contributed by atoms with Gasteiger partial charge >= 0.3 is 0 Å². The molecule has 33 heavy (non-hydrogen) atoms. The lowest BCUT2D eigenvalue weighted by Gasteiger charge is -2.35. The van der Waals surface area contributed by atoms with Gasteiger partial charge in [-0.2, -0.15) is 5.10 Å². The summed E-state index contributed by atoms with van der Waals surface area (Å²) in [5.74, 6) is -0.818. The van der Waals surface area contributed by atoms with Crippen molar-refractivity contribution in [1.82, 2.24) is 9.91 Å². The molecule has 2 heterocycles. The van der Waals surface area contributed by atoms with Crippen LogP contribution in [0.3, 0.4) is 0 Å². The maximum atomic E-state index is 13.2. The molecule has 2 aromatic rings. The van der Waals surface area contributed by atoms with Gasteiger partial charge in [-0.1, -0.05) is 30.3 Å². The van der Waals surface area contributed by atoms with E-state index in [1.807, 2.05) is 24.3 Å². The quantitative estimate of drug-likeness (QED) is 0.728.